The molecule has 3 N–H and O–H groups in total. The minimum Gasteiger partial charge on any atom is -0.508 e. The predicted octanol–water partition coefficient (Wildman–Crippen LogP) is 2.09. The highest BCUT2D eigenvalue weighted by atomic mass is 16.4. The van der Waals surface area contributed by atoms with Crippen LogP contribution in [0.3, 0.4) is 0 Å². The molecule has 0 fully saturated rings. The molecule has 0 bridgehead atoms. The number of carbonyl (C=O) groups excluding carboxylic acids is 2. The molecule has 2 aromatic carbocycles. The van der Waals surface area contributed by atoms with Gasteiger partial charge in [-0.25, -0.2) is 9.59 Å². The van der Waals surface area contributed by atoms with E-state index < -0.39 is 12.0 Å². The maximum absolute atomic E-state index is 13.2. The van der Waals surface area contributed by atoms with Gasteiger partial charge in [-0.05, 0) is 35.9 Å². The molecule has 2 aliphatic heterocycles. The predicted molar refractivity (Wildman–Crippen MR) is 99.9 cm³/mol. The van der Waals surface area contributed by atoms with Crippen molar-refractivity contribution in [3.05, 3.63) is 70.9 Å². The molecule has 3 amide bonds. The van der Waals surface area contributed by atoms with E-state index in [-0.39, 0.29) is 29.8 Å². The Balaban J connectivity index is 1.75. The van der Waals surface area contributed by atoms with Crippen LogP contribution in [0.1, 0.15) is 22.0 Å². The van der Waals surface area contributed by atoms with Crippen LogP contribution >= 0.6 is 0 Å². The molecule has 0 aromatic heterocycles. The lowest BCUT2D eigenvalue weighted by atomic mass is 9.95. The Labute approximate surface area is 160 Å². The monoisotopic (exact) mass is 379 g/mol. The smallest absolute Gasteiger partial charge is 0.335 e. The summed E-state index contributed by atoms with van der Waals surface area (Å²) in [5, 5.41) is 21.5. The van der Waals surface area contributed by atoms with Gasteiger partial charge in [-0.3, -0.25) is 9.69 Å². The lowest BCUT2D eigenvalue weighted by Gasteiger charge is -2.31. The lowest BCUT2D eigenvalue weighted by molar-refractivity contribution is -0.114. The standard InChI is InChI=1S/C20H17N3O5/c1-22-15-10-23(13-4-2-3-12(9-13)19(26)27)18(25)16(15)17(21-20(22)28)11-5-7-14(24)8-6-11/h2-9,17,24H,10H2,1H3,(H,21,28)(H,26,27). The van der Waals surface area contributed by atoms with E-state index in [0.717, 1.165) is 0 Å². The molecular formula is C20H17N3O5. The Bertz CT molecular complexity index is 1030. The molecule has 2 aromatic rings. The fourth-order valence-electron chi connectivity index (χ4n) is 3.50. The number of likely N-dealkylation sites (N-methyl/N-ethyl adjacent to an activating group) is 1. The van der Waals surface area contributed by atoms with Gasteiger partial charge in [0.2, 0.25) is 0 Å². The highest BCUT2D eigenvalue weighted by Gasteiger charge is 2.43. The molecule has 0 radical (unpaired) electrons. The van der Waals surface area contributed by atoms with Crippen molar-refractivity contribution in [2.45, 2.75) is 6.04 Å². The van der Waals surface area contributed by atoms with Gasteiger partial charge in [0.1, 0.15) is 5.75 Å². The minimum absolute atomic E-state index is 0.0767. The van der Waals surface area contributed by atoms with Crippen molar-refractivity contribution in [2.24, 2.45) is 0 Å². The first kappa shape index (κ1) is 17.6. The van der Waals surface area contributed by atoms with Gasteiger partial charge in [-0.15, -0.1) is 0 Å². The number of rotatable bonds is 3. The molecule has 0 saturated heterocycles. The molecule has 8 heteroatoms. The molecule has 1 unspecified atom stereocenters. The molecule has 8 nitrogen and oxygen atoms in total. The zero-order valence-corrected chi connectivity index (χ0v) is 14.9. The molecule has 0 aliphatic carbocycles. The largest absolute Gasteiger partial charge is 0.508 e. The number of urea groups is 1. The van der Waals surface area contributed by atoms with Crippen LogP contribution in [0.4, 0.5) is 10.5 Å². The van der Waals surface area contributed by atoms with Crippen molar-refractivity contribution < 1.29 is 24.6 Å². The molecule has 4 rings (SSSR count). The summed E-state index contributed by atoms with van der Waals surface area (Å²) in [6.07, 6.45) is 0. The average molecular weight is 379 g/mol. The van der Waals surface area contributed by atoms with E-state index in [4.69, 9.17) is 0 Å². The fraction of sp³-hybridized carbons (Fsp3) is 0.150. The molecular weight excluding hydrogens is 362 g/mol. The van der Waals surface area contributed by atoms with E-state index in [0.29, 0.717) is 22.5 Å². The number of carbonyl (C=O) groups is 3. The molecule has 28 heavy (non-hydrogen) atoms. The third-order valence-corrected chi connectivity index (χ3v) is 4.99. The molecule has 1 atom stereocenters. The molecule has 2 heterocycles. The summed E-state index contributed by atoms with van der Waals surface area (Å²) in [5.41, 5.74) is 2.18. The second-order valence-corrected chi connectivity index (χ2v) is 6.64. The number of anilines is 1. The number of nitrogens with one attached hydrogen (secondary N) is 1. The summed E-state index contributed by atoms with van der Waals surface area (Å²) in [6.45, 7) is 0.162. The Hall–Kier alpha value is -3.81. The van der Waals surface area contributed by atoms with Crippen LogP contribution in [0.15, 0.2) is 59.8 Å². The number of amides is 3. The van der Waals surface area contributed by atoms with Crippen molar-refractivity contribution in [1.82, 2.24) is 10.2 Å². The van der Waals surface area contributed by atoms with Crippen LogP contribution in [0.25, 0.3) is 0 Å². The number of carboxylic acids is 1. The first-order chi connectivity index (χ1) is 13.4. The number of aromatic carboxylic acids is 1. The lowest BCUT2D eigenvalue weighted by Crippen LogP contribution is -2.45. The third-order valence-electron chi connectivity index (χ3n) is 4.99. The third kappa shape index (κ3) is 2.75. The Morgan fingerprint density at radius 1 is 1.14 bits per heavy atom. The van der Waals surface area contributed by atoms with Crippen LogP contribution in [-0.2, 0) is 4.79 Å². The van der Waals surface area contributed by atoms with Crippen molar-refractivity contribution in [3.8, 4) is 5.75 Å². The van der Waals surface area contributed by atoms with Crippen LogP contribution in [0.2, 0.25) is 0 Å². The molecule has 0 saturated carbocycles. The number of hydrogen-bond donors (Lipinski definition) is 3. The second-order valence-electron chi connectivity index (χ2n) is 6.64. The number of phenolic OH excluding ortho intramolecular Hbond substituents is 1. The van der Waals surface area contributed by atoms with Gasteiger partial charge in [-0.2, -0.15) is 0 Å². The first-order valence-electron chi connectivity index (χ1n) is 8.58. The number of nitrogens with zero attached hydrogens (tertiary/aromatic N) is 2. The Kier molecular flexibility index (Phi) is 4.03. The van der Waals surface area contributed by atoms with Crippen LogP contribution < -0.4 is 10.2 Å². The first-order valence-corrected chi connectivity index (χ1v) is 8.58. The van der Waals surface area contributed by atoms with Crippen LogP contribution in [0.5, 0.6) is 5.75 Å². The number of phenols is 1. The van der Waals surface area contributed by atoms with E-state index in [1.807, 2.05) is 0 Å². The van der Waals surface area contributed by atoms with Gasteiger partial charge in [0.05, 0.1) is 29.4 Å². The van der Waals surface area contributed by atoms with Crippen molar-refractivity contribution in [2.75, 3.05) is 18.5 Å². The summed E-state index contributed by atoms with van der Waals surface area (Å²) in [6, 6.07) is 11.4. The number of aromatic hydroxyl groups is 1. The topological polar surface area (TPSA) is 110 Å². The Morgan fingerprint density at radius 3 is 2.54 bits per heavy atom. The normalized spacial score (nSPS) is 19.0. The number of benzene rings is 2. The van der Waals surface area contributed by atoms with Gasteiger partial charge in [0.25, 0.3) is 5.91 Å². The van der Waals surface area contributed by atoms with E-state index in [1.54, 1.807) is 31.3 Å². The summed E-state index contributed by atoms with van der Waals surface area (Å²) in [4.78, 5) is 39.7. The van der Waals surface area contributed by atoms with Gasteiger partial charge in [0, 0.05) is 12.7 Å². The van der Waals surface area contributed by atoms with Crippen molar-refractivity contribution in [1.29, 1.82) is 0 Å². The van der Waals surface area contributed by atoms with E-state index in [9.17, 15) is 24.6 Å². The number of hydrogen-bond acceptors (Lipinski definition) is 4. The van der Waals surface area contributed by atoms with Crippen LogP contribution in [0, 0.1) is 0 Å². The zero-order chi connectivity index (χ0) is 20.0. The van der Waals surface area contributed by atoms with Gasteiger partial charge in [0.15, 0.2) is 0 Å². The SMILES string of the molecule is CN1C(=O)NC(c2ccc(O)cc2)C2=C1CN(c1cccc(C(=O)O)c1)C2=O. The van der Waals surface area contributed by atoms with E-state index in [2.05, 4.69) is 5.32 Å². The maximum Gasteiger partial charge on any atom is 0.335 e. The van der Waals surface area contributed by atoms with Gasteiger partial charge >= 0.3 is 12.0 Å². The molecule has 142 valence electrons. The quantitative estimate of drug-likeness (QED) is 0.756. The summed E-state index contributed by atoms with van der Waals surface area (Å²) in [7, 11) is 1.59. The minimum atomic E-state index is -1.08. The summed E-state index contributed by atoms with van der Waals surface area (Å²) >= 11 is 0. The highest BCUT2D eigenvalue weighted by molar-refractivity contribution is 6.12. The summed E-state index contributed by atoms with van der Waals surface area (Å²) < 4.78 is 0. The van der Waals surface area contributed by atoms with E-state index >= 15 is 0 Å². The van der Waals surface area contributed by atoms with Gasteiger partial charge < -0.3 is 20.4 Å². The summed E-state index contributed by atoms with van der Waals surface area (Å²) in [5.74, 6) is -1.30. The number of carboxylic acid groups (broad SMARTS) is 1. The highest BCUT2D eigenvalue weighted by Crippen LogP contribution is 2.38. The Morgan fingerprint density at radius 2 is 1.86 bits per heavy atom. The van der Waals surface area contributed by atoms with E-state index in [1.165, 1.54) is 34.1 Å². The average Bonchev–Trinajstić information content (AvgIpc) is 3.03. The zero-order valence-electron chi connectivity index (χ0n) is 14.9. The van der Waals surface area contributed by atoms with Crippen molar-refractivity contribution in [3.63, 3.8) is 0 Å². The van der Waals surface area contributed by atoms with Crippen molar-refractivity contribution >= 4 is 23.6 Å². The fourth-order valence-corrected chi connectivity index (χ4v) is 3.50. The molecule has 0 spiro atoms. The van der Waals surface area contributed by atoms with Crippen LogP contribution in [-0.4, -0.2) is 46.6 Å². The van der Waals surface area contributed by atoms with Gasteiger partial charge in [-0.1, -0.05) is 18.2 Å². The molecule has 2 aliphatic rings. The second kappa shape index (κ2) is 6.41. The maximum atomic E-state index is 13.2.